The van der Waals surface area contributed by atoms with Crippen molar-refractivity contribution in [2.24, 2.45) is 0 Å². The summed E-state index contributed by atoms with van der Waals surface area (Å²) in [5.74, 6) is 0. The quantitative estimate of drug-likeness (QED) is 0.108. The molecule has 0 aliphatic heterocycles. The van der Waals surface area contributed by atoms with Crippen LogP contribution in [0.3, 0.4) is 0 Å². The van der Waals surface area contributed by atoms with Gasteiger partial charge < -0.3 is 16.0 Å². The molecule has 0 atom stereocenters. The summed E-state index contributed by atoms with van der Waals surface area (Å²) >= 11 is 0. The van der Waals surface area contributed by atoms with E-state index in [4.69, 9.17) is 0 Å². The first-order valence-corrected chi connectivity index (χ1v) is 21.8. The normalized spacial score (nSPS) is 10.9. The van der Waals surface area contributed by atoms with E-state index < -0.39 is 0 Å². The maximum atomic E-state index is 4.68. The van der Waals surface area contributed by atoms with Gasteiger partial charge >= 0.3 is 32.7 Å². The zero-order valence-corrected chi connectivity index (χ0v) is 37.8. The van der Waals surface area contributed by atoms with Gasteiger partial charge in [-0.3, -0.25) is 0 Å². The number of para-hydroxylation sites is 3. The first-order valence-electron chi connectivity index (χ1n) is 16.8. The van der Waals surface area contributed by atoms with E-state index in [2.05, 4.69) is 135 Å². The molecule has 0 unspecified atom stereocenters. The second-order valence-electron chi connectivity index (χ2n) is 13.0. The fraction of sp³-hybridized carbons (Fsp3) is 0.538. The van der Waals surface area contributed by atoms with Gasteiger partial charge in [0.2, 0.25) is 0 Å². The molecule has 0 bridgehead atoms. The molecular weight excluding hydrogens is 751 g/mol. The Labute approximate surface area is 330 Å². The maximum absolute atomic E-state index is 4.68. The molecule has 47 heavy (non-hydrogen) atoms. The van der Waals surface area contributed by atoms with Crippen LogP contribution in [0.5, 0.6) is 0 Å². The Morgan fingerprint density at radius 3 is 0.681 bits per heavy atom. The van der Waals surface area contributed by atoms with Gasteiger partial charge in [0.1, 0.15) is 0 Å². The second-order valence-corrected chi connectivity index (χ2v) is 23.1. The molecule has 3 nitrogen and oxygen atoms in total. The van der Waals surface area contributed by atoms with Crippen LogP contribution in [-0.4, -0.2) is 52.8 Å². The largest absolute Gasteiger partial charge is 3.00 e. The molecule has 0 aromatic heterocycles. The molecule has 0 fully saturated rings. The van der Waals surface area contributed by atoms with Crippen LogP contribution in [0.15, 0.2) is 91.0 Å². The van der Waals surface area contributed by atoms with Crippen LogP contribution in [0.4, 0.5) is 17.1 Å². The van der Waals surface area contributed by atoms with Crippen molar-refractivity contribution in [1.29, 1.82) is 0 Å². The summed E-state index contributed by atoms with van der Waals surface area (Å²) in [5, 5.41) is 14.0. The van der Waals surface area contributed by atoms with Gasteiger partial charge in [0, 0.05) is 16.5 Å². The van der Waals surface area contributed by atoms with E-state index in [9.17, 15) is 0 Å². The van der Waals surface area contributed by atoms with Crippen LogP contribution in [0.25, 0.3) is 16.0 Å². The third-order valence-electron chi connectivity index (χ3n) is 7.50. The van der Waals surface area contributed by atoms with Gasteiger partial charge in [0.05, 0.1) is 0 Å². The summed E-state index contributed by atoms with van der Waals surface area (Å²) in [4.78, 5) is 0. The van der Waals surface area contributed by atoms with Crippen molar-refractivity contribution in [3.63, 3.8) is 0 Å². The average molecular weight is 814 g/mol. The average Bonchev–Trinajstić information content (AvgIpc) is 2.99. The standard InChI is InChI=1S/3C13H21NP.Ni.Y/c3*1-11(2)15(12(3)4)10-14-13-8-6-5-7-9-13;;/h3*5-9,11-12H,10H2,1-4H3;;/q3*-1;;+3. The van der Waals surface area contributed by atoms with Crippen molar-refractivity contribution < 1.29 is 49.2 Å². The van der Waals surface area contributed by atoms with Gasteiger partial charge in [-0.25, -0.2) is 0 Å². The van der Waals surface area contributed by atoms with Crippen molar-refractivity contribution in [1.82, 2.24) is 0 Å². The van der Waals surface area contributed by atoms with Gasteiger partial charge in [0.25, 0.3) is 0 Å². The van der Waals surface area contributed by atoms with Gasteiger partial charge in [-0.1, -0.05) is 174 Å². The molecule has 0 aliphatic rings. The molecule has 262 valence electrons. The number of nitrogens with zero attached hydrogens (tertiary/aromatic N) is 3. The molecule has 0 heterocycles. The van der Waals surface area contributed by atoms with Crippen molar-refractivity contribution in [2.45, 2.75) is 117 Å². The zero-order valence-electron chi connectivity index (χ0n) is 31.3. The molecular formula is C39H63N3NiP3Y. The Kier molecular flexibility index (Phi) is 29.9. The predicted molar refractivity (Wildman–Crippen MR) is 215 cm³/mol. The minimum absolute atomic E-state index is 0. The minimum atomic E-state index is 0. The second kappa shape index (κ2) is 28.6. The van der Waals surface area contributed by atoms with Crippen LogP contribution in [0.1, 0.15) is 83.1 Å². The van der Waals surface area contributed by atoms with Gasteiger partial charge in [0.15, 0.2) is 0 Å². The van der Waals surface area contributed by atoms with E-state index in [1.54, 1.807) is 0 Å². The van der Waals surface area contributed by atoms with Crippen molar-refractivity contribution in [3.05, 3.63) is 107 Å². The fourth-order valence-corrected chi connectivity index (χ4v) is 11.4. The topological polar surface area (TPSA) is 42.3 Å². The van der Waals surface area contributed by atoms with Crippen LogP contribution < -0.4 is 0 Å². The first-order chi connectivity index (χ1) is 21.3. The summed E-state index contributed by atoms with van der Waals surface area (Å²) in [7, 11) is 0.0930. The third-order valence-corrected chi connectivity index (χ3v) is 16.9. The third kappa shape index (κ3) is 22.4. The van der Waals surface area contributed by atoms with Gasteiger partial charge in [-0.2, -0.15) is 0 Å². The Morgan fingerprint density at radius 1 is 0.362 bits per heavy atom. The molecule has 0 saturated carbocycles. The monoisotopic (exact) mass is 813 g/mol. The Hall–Kier alpha value is -0.0526. The summed E-state index contributed by atoms with van der Waals surface area (Å²) in [6.45, 7) is 27.7. The van der Waals surface area contributed by atoms with Crippen LogP contribution in [0.2, 0.25) is 0 Å². The van der Waals surface area contributed by atoms with E-state index in [1.807, 2.05) is 54.6 Å². The molecule has 8 heteroatoms. The van der Waals surface area contributed by atoms with Gasteiger partial charge in [-0.15, -0.1) is 59.7 Å². The van der Waals surface area contributed by atoms with Crippen LogP contribution in [-0.2, 0) is 49.2 Å². The Bertz CT molecular complexity index is 939. The molecule has 0 spiro atoms. The summed E-state index contributed by atoms with van der Waals surface area (Å²) < 4.78 is 0. The van der Waals surface area contributed by atoms with E-state index in [1.165, 1.54) is 0 Å². The molecule has 3 aromatic carbocycles. The minimum Gasteiger partial charge on any atom is -0.681 e. The number of hydrogen-bond donors (Lipinski definition) is 0. The first kappa shape index (κ1) is 49.1. The Balaban J connectivity index is 0. The van der Waals surface area contributed by atoms with E-state index >= 15 is 0 Å². The molecule has 0 radical (unpaired) electrons. The predicted octanol–water partition coefficient (Wildman–Crippen LogP) is 14.8. The number of benzene rings is 3. The van der Waals surface area contributed by atoms with E-state index in [0.29, 0.717) is 0 Å². The fourth-order valence-electron chi connectivity index (χ4n) is 4.86. The zero-order chi connectivity index (χ0) is 33.8. The smallest absolute Gasteiger partial charge is 0.681 e. The summed E-state index contributed by atoms with van der Waals surface area (Å²) in [6.07, 6.45) is 3.03. The van der Waals surface area contributed by atoms with Crippen LogP contribution in [0, 0.1) is 0 Å². The summed E-state index contributed by atoms with van der Waals surface area (Å²) in [6, 6.07) is 30.9. The van der Waals surface area contributed by atoms with Crippen molar-refractivity contribution >= 4 is 40.8 Å². The molecule has 0 aliphatic carbocycles. The molecule has 0 N–H and O–H groups in total. The summed E-state index contributed by atoms with van der Waals surface area (Å²) in [5.41, 5.74) is 7.98. The van der Waals surface area contributed by atoms with E-state index in [0.717, 1.165) is 69.9 Å². The molecule has 0 saturated heterocycles. The van der Waals surface area contributed by atoms with Crippen LogP contribution >= 0.6 is 23.8 Å². The van der Waals surface area contributed by atoms with Gasteiger partial charge in [-0.05, 0) is 34.0 Å². The molecule has 3 aromatic rings. The molecule has 0 amide bonds. The maximum Gasteiger partial charge on any atom is 3.00 e. The molecule has 3 rings (SSSR count). The SMILES string of the molecule is CC(C)P(C[N-]c1ccccc1)C(C)C.CC(C)P(C[N-]c1ccccc1)C(C)C.CC(C)P(C[N-]c1ccccc1)C(C)C.[Ni].[Y+3]. The number of hydrogen-bond acceptors (Lipinski definition) is 0. The Morgan fingerprint density at radius 2 is 0.532 bits per heavy atom. The number of rotatable bonds is 15. The van der Waals surface area contributed by atoms with Crippen molar-refractivity contribution in [2.75, 3.05) is 18.9 Å². The van der Waals surface area contributed by atoms with Crippen molar-refractivity contribution in [3.8, 4) is 0 Å². The van der Waals surface area contributed by atoms with E-state index in [-0.39, 0.29) is 73.0 Å².